The van der Waals surface area contributed by atoms with E-state index in [4.69, 9.17) is 4.74 Å². The number of rotatable bonds is 9. The van der Waals surface area contributed by atoms with Gasteiger partial charge >= 0.3 is 0 Å². The molecule has 6 nitrogen and oxygen atoms in total. The summed E-state index contributed by atoms with van der Waals surface area (Å²) in [5.41, 5.74) is 0. The third-order valence-electron chi connectivity index (χ3n) is 2.36. The number of halogens is 1. The highest BCUT2D eigenvalue weighted by Crippen LogP contribution is 2.25. The summed E-state index contributed by atoms with van der Waals surface area (Å²) in [7, 11) is 4.06. The molecule has 108 valence electrons. The molecule has 0 aromatic carbocycles. The van der Waals surface area contributed by atoms with Crippen molar-refractivity contribution in [2.45, 2.75) is 6.92 Å². The van der Waals surface area contributed by atoms with Crippen molar-refractivity contribution in [1.29, 1.82) is 0 Å². The number of hydrogen-bond acceptors (Lipinski definition) is 6. The third-order valence-corrected chi connectivity index (χ3v) is 3.11. The Morgan fingerprint density at radius 2 is 1.89 bits per heavy atom. The number of likely N-dealkylation sites (N-methyl/N-ethyl adjacent to an activating group) is 1. The smallest absolute Gasteiger partial charge is 0.146 e. The fraction of sp³-hybridized carbons (Fsp3) is 0.667. The van der Waals surface area contributed by atoms with Crippen molar-refractivity contribution in [1.82, 2.24) is 14.9 Å². The number of nitrogens with zero attached hydrogens (tertiary/aromatic N) is 3. The van der Waals surface area contributed by atoms with Crippen molar-refractivity contribution in [3.63, 3.8) is 0 Å². The predicted molar refractivity (Wildman–Crippen MR) is 81.8 cm³/mol. The lowest BCUT2D eigenvalue weighted by molar-refractivity contribution is 0.126. The standard InChI is InChI=1S/C12H22BrN5O/c1-4-14-11-10(13)12(17-9-16-11)15-5-7-19-8-6-18(2)3/h9H,4-8H2,1-3H3,(H2,14,15,16,17). The van der Waals surface area contributed by atoms with E-state index in [1.807, 2.05) is 21.0 Å². The van der Waals surface area contributed by atoms with Gasteiger partial charge in [-0.1, -0.05) is 0 Å². The number of ether oxygens (including phenoxy) is 1. The Labute approximate surface area is 123 Å². The molecule has 0 aliphatic carbocycles. The van der Waals surface area contributed by atoms with E-state index < -0.39 is 0 Å². The van der Waals surface area contributed by atoms with Gasteiger partial charge in [-0.05, 0) is 36.9 Å². The van der Waals surface area contributed by atoms with Gasteiger partial charge < -0.3 is 20.3 Å². The van der Waals surface area contributed by atoms with Crippen LogP contribution in [0.3, 0.4) is 0 Å². The van der Waals surface area contributed by atoms with Gasteiger partial charge in [0.1, 0.15) is 22.4 Å². The molecule has 1 aromatic heterocycles. The molecule has 0 bridgehead atoms. The van der Waals surface area contributed by atoms with E-state index in [0.717, 1.165) is 35.8 Å². The molecular weight excluding hydrogens is 310 g/mol. The average molecular weight is 332 g/mol. The highest BCUT2D eigenvalue weighted by atomic mass is 79.9. The summed E-state index contributed by atoms with van der Waals surface area (Å²) in [6.07, 6.45) is 1.54. The third kappa shape index (κ3) is 6.17. The summed E-state index contributed by atoms with van der Waals surface area (Å²) in [6, 6.07) is 0. The summed E-state index contributed by atoms with van der Waals surface area (Å²) >= 11 is 3.49. The minimum atomic E-state index is 0.654. The number of nitrogens with one attached hydrogen (secondary N) is 2. The normalized spacial score (nSPS) is 10.8. The van der Waals surface area contributed by atoms with Crippen molar-refractivity contribution in [3.8, 4) is 0 Å². The molecule has 0 saturated heterocycles. The molecule has 7 heteroatoms. The number of hydrogen-bond donors (Lipinski definition) is 2. The molecule has 0 aliphatic rings. The van der Waals surface area contributed by atoms with Crippen molar-refractivity contribution in [2.75, 3.05) is 57.6 Å². The van der Waals surface area contributed by atoms with Gasteiger partial charge in [0.25, 0.3) is 0 Å². The molecule has 0 fully saturated rings. The monoisotopic (exact) mass is 331 g/mol. The molecule has 1 rings (SSSR count). The maximum absolute atomic E-state index is 5.51. The molecule has 0 unspecified atom stereocenters. The van der Waals surface area contributed by atoms with E-state index in [-0.39, 0.29) is 0 Å². The van der Waals surface area contributed by atoms with Gasteiger partial charge in [-0.3, -0.25) is 0 Å². The second kappa shape index (κ2) is 9.06. The topological polar surface area (TPSA) is 62.3 Å². The quantitative estimate of drug-likeness (QED) is 0.671. The van der Waals surface area contributed by atoms with Crippen LogP contribution in [0.5, 0.6) is 0 Å². The number of aromatic nitrogens is 2. The van der Waals surface area contributed by atoms with Gasteiger partial charge in [0.05, 0.1) is 13.2 Å². The van der Waals surface area contributed by atoms with Gasteiger partial charge in [0.15, 0.2) is 0 Å². The van der Waals surface area contributed by atoms with Gasteiger partial charge in [-0.2, -0.15) is 0 Å². The maximum atomic E-state index is 5.51. The SMILES string of the molecule is CCNc1ncnc(NCCOCCN(C)C)c1Br. The first kappa shape index (κ1) is 16.1. The zero-order chi connectivity index (χ0) is 14.1. The second-order valence-electron chi connectivity index (χ2n) is 4.26. The lowest BCUT2D eigenvalue weighted by atomic mass is 10.5. The summed E-state index contributed by atoms with van der Waals surface area (Å²) in [5.74, 6) is 1.58. The van der Waals surface area contributed by atoms with Gasteiger partial charge in [-0.25, -0.2) is 9.97 Å². The van der Waals surface area contributed by atoms with E-state index >= 15 is 0 Å². The van der Waals surface area contributed by atoms with E-state index in [2.05, 4.69) is 41.4 Å². The lowest BCUT2D eigenvalue weighted by Gasteiger charge is -2.12. The summed E-state index contributed by atoms with van der Waals surface area (Å²) in [4.78, 5) is 10.4. The molecule has 0 aliphatic heterocycles. The molecule has 2 N–H and O–H groups in total. The lowest BCUT2D eigenvalue weighted by Crippen LogP contribution is -2.20. The van der Waals surface area contributed by atoms with Crippen molar-refractivity contribution >= 4 is 27.6 Å². The molecule has 0 atom stereocenters. The highest BCUT2D eigenvalue weighted by molar-refractivity contribution is 9.10. The Morgan fingerprint density at radius 1 is 1.21 bits per heavy atom. The van der Waals surface area contributed by atoms with Crippen LogP contribution >= 0.6 is 15.9 Å². The summed E-state index contributed by atoms with van der Waals surface area (Å²) in [6.45, 7) is 5.89. The van der Waals surface area contributed by atoms with Crippen LogP contribution in [0, 0.1) is 0 Å². The average Bonchev–Trinajstić information content (AvgIpc) is 2.37. The minimum absolute atomic E-state index is 0.654. The van der Waals surface area contributed by atoms with Crippen LogP contribution in [0.25, 0.3) is 0 Å². The van der Waals surface area contributed by atoms with Crippen LogP contribution in [0.1, 0.15) is 6.92 Å². The molecule has 0 radical (unpaired) electrons. The summed E-state index contributed by atoms with van der Waals surface area (Å²) < 4.78 is 6.36. The van der Waals surface area contributed by atoms with E-state index in [0.29, 0.717) is 13.2 Å². The maximum Gasteiger partial charge on any atom is 0.146 e. The molecule has 19 heavy (non-hydrogen) atoms. The second-order valence-corrected chi connectivity index (χ2v) is 5.05. The van der Waals surface area contributed by atoms with Crippen LogP contribution in [0.15, 0.2) is 10.8 Å². The van der Waals surface area contributed by atoms with Crippen LogP contribution < -0.4 is 10.6 Å². The molecule has 1 heterocycles. The van der Waals surface area contributed by atoms with Crippen LogP contribution in [0.4, 0.5) is 11.6 Å². The molecular formula is C12H22BrN5O. The Morgan fingerprint density at radius 3 is 2.53 bits per heavy atom. The van der Waals surface area contributed by atoms with Gasteiger partial charge in [-0.15, -0.1) is 0 Å². The Hall–Kier alpha value is -0.920. The highest BCUT2D eigenvalue weighted by Gasteiger charge is 2.06. The molecule has 0 spiro atoms. The van der Waals surface area contributed by atoms with Crippen LogP contribution in [0.2, 0.25) is 0 Å². The Balaban J connectivity index is 2.31. The van der Waals surface area contributed by atoms with Crippen molar-refractivity contribution in [3.05, 3.63) is 10.8 Å². The van der Waals surface area contributed by atoms with Gasteiger partial charge in [0, 0.05) is 19.6 Å². The van der Waals surface area contributed by atoms with Crippen LogP contribution in [-0.2, 0) is 4.74 Å². The van der Waals surface area contributed by atoms with Gasteiger partial charge in [0.2, 0.25) is 0 Å². The van der Waals surface area contributed by atoms with Crippen molar-refractivity contribution < 1.29 is 4.74 Å². The molecule has 1 aromatic rings. The minimum Gasteiger partial charge on any atom is -0.378 e. The Kier molecular flexibility index (Phi) is 7.69. The molecule has 0 amide bonds. The first-order valence-electron chi connectivity index (χ1n) is 6.35. The zero-order valence-corrected chi connectivity index (χ0v) is 13.3. The van der Waals surface area contributed by atoms with Crippen LogP contribution in [-0.4, -0.2) is 61.8 Å². The number of anilines is 2. The molecule has 0 saturated carbocycles. The van der Waals surface area contributed by atoms with E-state index in [9.17, 15) is 0 Å². The summed E-state index contributed by atoms with van der Waals surface area (Å²) in [5, 5.41) is 6.39. The predicted octanol–water partition coefficient (Wildman–Crippen LogP) is 1.66. The fourth-order valence-corrected chi connectivity index (χ4v) is 1.86. The largest absolute Gasteiger partial charge is 0.378 e. The van der Waals surface area contributed by atoms with Crippen molar-refractivity contribution in [2.24, 2.45) is 0 Å². The fourth-order valence-electron chi connectivity index (χ4n) is 1.37. The van der Waals surface area contributed by atoms with E-state index in [1.54, 1.807) is 0 Å². The first-order valence-corrected chi connectivity index (χ1v) is 7.15. The van der Waals surface area contributed by atoms with E-state index in [1.165, 1.54) is 6.33 Å². The zero-order valence-electron chi connectivity index (χ0n) is 11.7. The first-order chi connectivity index (χ1) is 9.15. The Bertz CT molecular complexity index is 375.